The molecule has 0 amide bonds. The third kappa shape index (κ3) is 2.02. The van der Waals surface area contributed by atoms with Gasteiger partial charge in [0, 0.05) is 11.6 Å². The van der Waals surface area contributed by atoms with E-state index in [4.69, 9.17) is 5.73 Å². The van der Waals surface area contributed by atoms with E-state index in [2.05, 4.69) is 4.98 Å². The number of aromatic nitrogens is 1. The zero-order chi connectivity index (χ0) is 10.7. The summed E-state index contributed by atoms with van der Waals surface area (Å²) >= 11 is 0. The van der Waals surface area contributed by atoms with Crippen LogP contribution in [0.5, 0.6) is 0 Å². The first-order chi connectivity index (χ1) is 7.31. The van der Waals surface area contributed by atoms with Gasteiger partial charge in [-0.25, -0.2) is 0 Å². The van der Waals surface area contributed by atoms with Crippen LogP contribution in [0.4, 0.5) is 0 Å². The number of fused-ring (bicyclic) bond motifs is 1. The monoisotopic (exact) mass is 199 g/mol. The Morgan fingerprint density at radius 2 is 2.13 bits per heavy atom. The molecule has 1 aromatic heterocycles. The Labute approximate surface area is 87.9 Å². The van der Waals surface area contributed by atoms with Crippen LogP contribution in [0.3, 0.4) is 0 Å². The lowest BCUT2D eigenvalue weighted by atomic mass is 10.0. The molecule has 0 saturated heterocycles. The minimum Gasteiger partial charge on any atom is -0.321 e. The molecule has 0 aliphatic carbocycles. The lowest BCUT2D eigenvalue weighted by molar-refractivity contribution is 0.541. The molecule has 1 radical (unpaired) electrons. The Balaban J connectivity index is 2.46. The van der Waals surface area contributed by atoms with E-state index >= 15 is 0 Å². The molecule has 0 aliphatic rings. The fraction of sp³-hybridized carbons (Fsp3) is 0.167. The van der Waals surface area contributed by atoms with E-state index in [9.17, 15) is 4.79 Å². The second kappa shape index (κ2) is 4.19. The zero-order valence-corrected chi connectivity index (χ0v) is 8.18. The molecule has 0 saturated carbocycles. The van der Waals surface area contributed by atoms with Crippen molar-refractivity contribution < 1.29 is 4.79 Å². The van der Waals surface area contributed by atoms with Crippen molar-refractivity contribution in [1.29, 1.82) is 0 Å². The van der Waals surface area contributed by atoms with Gasteiger partial charge in [0.25, 0.3) is 0 Å². The third-order valence-corrected chi connectivity index (χ3v) is 2.33. The topological polar surface area (TPSA) is 56.0 Å². The van der Waals surface area contributed by atoms with Crippen LogP contribution in [-0.2, 0) is 11.2 Å². The van der Waals surface area contributed by atoms with E-state index in [1.807, 2.05) is 30.3 Å². The van der Waals surface area contributed by atoms with Crippen molar-refractivity contribution in [3.8, 4) is 0 Å². The molecule has 2 aromatic rings. The Hall–Kier alpha value is -1.74. The number of pyridine rings is 1. The predicted molar refractivity (Wildman–Crippen MR) is 59.1 cm³/mol. The van der Waals surface area contributed by atoms with Gasteiger partial charge in [-0.05, 0) is 24.1 Å². The Kier molecular flexibility index (Phi) is 2.74. The number of para-hydroxylation sites is 1. The van der Waals surface area contributed by atoms with Crippen LogP contribution in [0.2, 0.25) is 0 Å². The first kappa shape index (κ1) is 9.80. The summed E-state index contributed by atoms with van der Waals surface area (Å²) in [5.41, 5.74) is 7.51. The highest BCUT2D eigenvalue weighted by Gasteiger charge is 2.06. The van der Waals surface area contributed by atoms with E-state index < -0.39 is 6.04 Å². The van der Waals surface area contributed by atoms with Crippen molar-refractivity contribution in [3.63, 3.8) is 0 Å². The van der Waals surface area contributed by atoms with Crippen LogP contribution in [0.1, 0.15) is 5.56 Å². The maximum atomic E-state index is 10.4. The van der Waals surface area contributed by atoms with Gasteiger partial charge in [0.2, 0.25) is 6.29 Å². The Morgan fingerprint density at radius 1 is 1.33 bits per heavy atom. The maximum Gasteiger partial charge on any atom is 0.217 e. The van der Waals surface area contributed by atoms with Crippen molar-refractivity contribution >= 4 is 17.2 Å². The molecule has 0 unspecified atom stereocenters. The Morgan fingerprint density at radius 3 is 2.93 bits per heavy atom. The van der Waals surface area contributed by atoms with Gasteiger partial charge in [-0.1, -0.05) is 18.2 Å². The van der Waals surface area contributed by atoms with Crippen molar-refractivity contribution in [2.45, 2.75) is 12.5 Å². The summed E-state index contributed by atoms with van der Waals surface area (Å²) in [5, 5.41) is 1.05. The average molecular weight is 199 g/mol. The van der Waals surface area contributed by atoms with Gasteiger partial charge >= 0.3 is 0 Å². The van der Waals surface area contributed by atoms with Crippen molar-refractivity contribution in [2.75, 3.05) is 0 Å². The Bertz CT molecular complexity index is 477. The van der Waals surface area contributed by atoms with Gasteiger partial charge in [0.1, 0.15) is 0 Å². The number of hydrogen-bond donors (Lipinski definition) is 1. The van der Waals surface area contributed by atoms with Crippen LogP contribution in [0.25, 0.3) is 10.9 Å². The maximum absolute atomic E-state index is 10.4. The molecular formula is C12H11N2O. The second-order valence-electron chi connectivity index (χ2n) is 3.42. The number of carbonyl (C=O) groups excluding carboxylic acids is 1. The normalized spacial score (nSPS) is 12.6. The average Bonchev–Trinajstić information content (AvgIpc) is 2.29. The van der Waals surface area contributed by atoms with Crippen LogP contribution in [0.15, 0.2) is 36.5 Å². The first-order valence-corrected chi connectivity index (χ1v) is 4.77. The highest BCUT2D eigenvalue weighted by Crippen LogP contribution is 2.16. The van der Waals surface area contributed by atoms with E-state index in [0.717, 1.165) is 16.5 Å². The predicted octanol–water partition coefficient (Wildman–Crippen LogP) is 1.21. The smallest absolute Gasteiger partial charge is 0.217 e. The molecule has 0 fully saturated rings. The zero-order valence-electron chi connectivity index (χ0n) is 8.18. The van der Waals surface area contributed by atoms with E-state index in [1.54, 1.807) is 12.5 Å². The highest BCUT2D eigenvalue weighted by molar-refractivity contribution is 5.82. The van der Waals surface area contributed by atoms with Gasteiger partial charge in [-0.3, -0.25) is 9.78 Å². The molecule has 1 aromatic carbocycles. The molecule has 2 N–H and O–H groups in total. The van der Waals surface area contributed by atoms with Crippen LogP contribution < -0.4 is 5.73 Å². The van der Waals surface area contributed by atoms with Gasteiger partial charge in [0.05, 0.1) is 11.6 Å². The minimum atomic E-state index is -0.559. The van der Waals surface area contributed by atoms with Crippen LogP contribution in [-0.4, -0.2) is 17.3 Å². The summed E-state index contributed by atoms with van der Waals surface area (Å²) in [6.07, 6.45) is 4.02. The molecule has 0 spiro atoms. The molecule has 3 nitrogen and oxygen atoms in total. The van der Waals surface area contributed by atoms with Crippen molar-refractivity contribution in [3.05, 3.63) is 42.1 Å². The number of benzene rings is 1. The number of hydrogen-bond acceptors (Lipinski definition) is 3. The number of nitrogens with zero attached hydrogens (tertiary/aromatic N) is 1. The van der Waals surface area contributed by atoms with E-state index in [0.29, 0.717) is 6.42 Å². The summed E-state index contributed by atoms with van der Waals surface area (Å²) in [5.74, 6) is 0. The summed E-state index contributed by atoms with van der Waals surface area (Å²) < 4.78 is 0. The molecule has 2 rings (SSSR count). The summed E-state index contributed by atoms with van der Waals surface area (Å²) in [4.78, 5) is 14.6. The van der Waals surface area contributed by atoms with E-state index in [-0.39, 0.29) is 0 Å². The molecule has 15 heavy (non-hydrogen) atoms. The van der Waals surface area contributed by atoms with Gasteiger partial charge in [-0.15, -0.1) is 0 Å². The first-order valence-electron chi connectivity index (χ1n) is 4.77. The third-order valence-electron chi connectivity index (χ3n) is 2.33. The molecular weight excluding hydrogens is 188 g/mol. The van der Waals surface area contributed by atoms with Gasteiger partial charge < -0.3 is 5.73 Å². The molecule has 0 bridgehead atoms. The van der Waals surface area contributed by atoms with Gasteiger partial charge in [0.15, 0.2) is 0 Å². The number of rotatable bonds is 3. The fourth-order valence-electron chi connectivity index (χ4n) is 1.61. The quantitative estimate of drug-likeness (QED) is 0.808. The lowest BCUT2D eigenvalue weighted by Gasteiger charge is -2.06. The standard InChI is InChI=1S/C12H11N2O/c13-10(8-15)7-9-5-6-14-12-4-2-1-3-11(9)12/h1-6,10H,7,13H2/t10-/m1/s1. The molecule has 1 atom stereocenters. The second-order valence-corrected chi connectivity index (χ2v) is 3.42. The van der Waals surface area contributed by atoms with Gasteiger partial charge in [-0.2, -0.15) is 0 Å². The van der Waals surface area contributed by atoms with Crippen molar-refractivity contribution in [2.24, 2.45) is 5.73 Å². The fourth-order valence-corrected chi connectivity index (χ4v) is 1.61. The summed E-state index contributed by atoms with van der Waals surface area (Å²) in [7, 11) is 0. The van der Waals surface area contributed by atoms with Crippen LogP contribution in [0, 0.1) is 0 Å². The SMILES string of the molecule is N[C@@H]([C]=O)Cc1ccnc2ccccc12. The summed E-state index contributed by atoms with van der Waals surface area (Å²) in [6, 6.07) is 9.13. The minimum absolute atomic E-state index is 0.506. The van der Waals surface area contributed by atoms with E-state index in [1.165, 1.54) is 0 Å². The molecule has 3 heteroatoms. The molecule has 0 aliphatic heterocycles. The summed E-state index contributed by atoms with van der Waals surface area (Å²) in [6.45, 7) is 0. The van der Waals surface area contributed by atoms with Crippen LogP contribution >= 0.6 is 0 Å². The number of nitrogens with two attached hydrogens (primary N) is 1. The lowest BCUT2D eigenvalue weighted by Crippen LogP contribution is -2.24. The van der Waals surface area contributed by atoms with Crippen molar-refractivity contribution in [1.82, 2.24) is 4.98 Å². The highest BCUT2D eigenvalue weighted by atomic mass is 16.1. The molecule has 1 heterocycles. The largest absolute Gasteiger partial charge is 0.321 e. The molecule has 75 valence electrons.